The first-order valence-electron chi connectivity index (χ1n) is 10.0. The van der Waals surface area contributed by atoms with Crippen molar-refractivity contribution in [2.24, 2.45) is 5.92 Å². The highest BCUT2D eigenvalue weighted by atomic mass is 32.1. The normalized spacial score (nSPS) is 10.9. The molecule has 2 heterocycles. The van der Waals surface area contributed by atoms with E-state index >= 15 is 0 Å². The molecule has 32 heavy (non-hydrogen) atoms. The molecule has 1 aromatic carbocycles. The number of benzene rings is 1. The number of nitrogens with one attached hydrogen (secondary N) is 2. The van der Waals surface area contributed by atoms with Crippen LogP contribution >= 0.6 is 11.3 Å². The smallest absolute Gasteiger partial charge is 0.411 e. The minimum atomic E-state index is -0.542. The Morgan fingerprint density at radius 3 is 2.50 bits per heavy atom. The fraction of sp³-hybridized carbons (Fsp3) is 0.364. The third kappa shape index (κ3) is 5.51. The van der Waals surface area contributed by atoms with E-state index in [9.17, 15) is 9.59 Å². The first-order chi connectivity index (χ1) is 15.3. The highest BCUT2D eigenvalue weighted by Crippen LogP contribution is 2.35. The predicted octanol–water partition coefficient (Wildman–Crippen LogP) is 4.61. The monoisotopic (exact) mass is 458 g/mol. The Balaban J connectivity index is 1.80. The molecular formula is C22H26N4O5S. The standard InChI is InChI=1S/C22H26N4O5S/c1-12(2)10-31-22(28)24-15-8-6-7-14(9-15)23-19(27)18-13(3)17-20(30-5)25-16(11-29-4)26-21(17)32-18/h6-9,12H,10-11H2,1-5H3,(H,23,27)(H,24,28). The van der Waals surface area contributed by atoms with Crippen molar-refractivity contribution in [2.75, 3.05) is 31.5 Å². The molecule has 2 aromatic heterocycles. The molecule has 10 heteroatoms. The lowest BCUT2D eigenvalue weighted by atomic mass is 10.2. The largest absolute Gasteiger partial charge is 0.480 e. The maximum atomic E-state index is 13.0. The molecule has 0 radical (unpaired) electrons. The van der Waals surface area contributed by atoms with Gasteiger partial charge in [-0.1, -0.05) is 19.9 Å². The van der Waals surface area contributed by atoms with Crippen LogP contribution in [0.1, 0.15) is 34.9 Å². The fourth-order valence-corrected chi connectivity index (χ4v) is 4.05. The van der Waals surface area contributed by atoms with Crippen LogP contribution in [0, 0.1) is 12.8 Å². The van der Waals surface area contributed by atoms with Crippen LogP contribution in [0.25, 0.3) is 10.2 Å². The fourth-order valence-electron chi connectivity index (χ4n) is 2.96. The number of amides is 2. The molecule has 2 N–H and O–H groups in total. The Bertz CT molecular complexity index is 1130. The molecule has 3 rings (SSSR count). The average Bonchev–Trinajstić information content (AvgIpc) is 3.09. The van der Waals surface area contributed by atoms with Crippen LogP contribution in [0.15, 0.2) is 24.3 Å². The van der Waals surface area contributed by atoms with Gasteiger partial charge in [0.25, 0.3) is 5.91 Å². The summed E-state index contributed by atoms with van der Waals surface area (Å²) in [6.45, 7) is 6.31. The minimum Gasteiger partial charge on any atom is -0.480 e. The molecule has 0 spiro atoms. The van der Waals surface area contributed by atoms with Crippen LogP contribution in [-0.4, -0.2) is 42.8 Å². The van der Waals surface area contributed by atoms with Crippen molar-refractivity contribution in [3.63, 3.8) is 0 Å². The highest BCUT2D eigenvalue weighted by molar-refractivity contribution is 7.20. The number of hydrogen-bond donors (Lipinski definition) is 2. The molecule has 0 aliphatic carbocycles. The van der Waals surface area contributed by atoms with E-state index in [0.717, 1.165) is 5.56 Å². The SMILES string of the molecule is COCc1nc(OC)c2c(C)c(C(=O)Nc3cccc(NC(=O)OCC(C)C)c3)sc2n1. The number of hydrogen-bond acceptors (Lipinski definition) is 8. The number of fused-ring (bicyclic) bond motifs is 1. The lowest BCUT2D eigenvalue weighted by molar-refractivity contribution is 0.103. The zero-order chi connectivity index (χ0) is 23.3. The Labute approximate surface area is 190 Å². The molecule has 170 valence electrons. The van der Waals surface area contributed by atoms with Gasteiger partial charge in [0.2, 0.25) is 5.88 Å². The predicted molar refractivity (Wildman–Crippen MR) is 124 cm³/mol. The Kier molecular flexibility index (Phi) is 7.60. The van der Waals surface area contributed by atoms with Crippen LogP contribution in [0.5, 0.6) is 5.88 Å². The maximum absolute atomic E-state index is 13.0. The van der Waals surface area contributed by atoms with E-state index in [4.69, 9.17) is 14.2 Å². The molecule has 0 fully saturated rings. The third-order valence-corrected chi connectivity index (χ3v) is 5.58. The first kappa shape index (κ1) is 23.4. The zero-order valence-electron chi connectivity index (χ0n) is 18.6. The minimum absolute atomic E-state index is 0.240. The van der Waals surface area contributed by atoms with Gasteiger partial charge in [0.1, 0.15) is 11.4 Å². The van der Waals surface area contributed by atoms with Crippen molar-refractivity contribution in [1.29, 1.82) is 0 Å². The molecule has 0 unspecified atom stereocenters. The second-order valence-electron chi connectivity index (χ2n) is 7.47. The van der Waals surface area contributed by atoms with E-state index < -0.39 is 6.09 Å². The van der Waals surface area contributed by atoms with Crippen LogP contribution in [-0.2, 0) is 16.1 Å². The van der Waals surface area contributed by atoms with Gasteiger partial charge in [0.15, 0.2) is 5.82 Å². The number of carbonyl (C=O) groups is 2. The third-order valence-electron chi connectivity index (χ3n) is 4.39. The molecule has 3 aromatic rings. The van der Waals surface area contributed by atoms with E-state index in [-0.39, 0.29) is 18.4 Å². The van der Waals surface area contributed by atoms with Crippen molar-refractivity contribution in [3.8, 4) is 5.88 Å². The summed E-state index contributed by atoms with van der Waals surface area (Å²) in [6.07, 6.45) is -0.542. The molecule has 0 saturated heterocycles. The summed E-state index contributed by atoms with van der Waals surface area (Å²) in [4.78, 5) is 34.9. The van der Waals surface area contributed by atoms with E-state index in [0.29, 0.717) is 44.8 Å². The lowest BCUT2D eigenvalue weighted by Gasteiger charge is -2.10. The summed E-state index contributed by atoms with van der Waals surface area (Å²) in [5.74, 6) is 0.833. The van der Waals surface area contributed by atoms with E-state index in [1.165, 1.54) is 18.4 Å². The molecule has 0 bridgehead atoms. The van der Waals surface area contributed by atoms with Gasteiger partial charge in [-0.15, -0.1) is 11.3 Å². The van der Waals surface area contributed by atoms with Crippen molar-refractivity contribution in [2.45, 2.75) is 27.4 Å². The number of rotatable bonds is 8. The van der Waals surface area contributed by atoms with Crippen molar-refractivity contribution in [1.82, 2.24) is 9.97 Å². The number of carbonyl (C=O) groups excluding carboxylic acids is 2. The number of anilines is 2. The van der Waals surface area contributed by atoms with Crippen LogP contribution < -0.4 is 15.4 Å². The summed E-state index contributed by atoms with van der Waals surface area (Å²) in [5.41, 5.74) is 1.78. The van der Waals surface area contributed by atoms with Crippen LogP contribution in [0.4, 0.5) is 16.2 Å². The van der Waals surface area contributed by atoms with Crippen LogP contribution in [0.3, 0.4) is 0 Å². The van der Waals surface area contributed by atoms with Crippen molar-refractivity contribution >= 4 is 44.9 Å². The van der Waals surface area contributed by atoms with Gasteiger partial charge in [0, 0.05) is 18.5 Å². The summed E-state index contributed by atoms with van der Waals surface area (Å²) in [7, 11) is 3.09. The topological polar surface area (TPSA) is 112 Å². The maximum Gasteiger partial charge on any atom is 0.411 e. The van der Waals surface area contributed by atoms with Gasteiger partial charge in [-0.25, -0.2) is 9.78 Å². The van der Waals surface area contributed by atoms with E-state index in [1.807, 2.05) is 20.8 Å². The van der Waals surface area contributed by atoms with Gasteiger partial charge in [0.05, 0.1) is 24.0 Å². The van der Waals surface area contributed by atoms with Gasteiger partial charge in [-0.05, 0) is 36.6 Å². The highest BCUT2D eigenvalue weighted by Gasteiger charge is 2.21. The molecule has 0 aliphatic heterocycles. The Morgan fingerprint density at radius 1 is 1.12 bits per heavy atom. The quantitative estimate of drug-likeness (QED) is 0.507. The lowest BCUT2D eigenvalue weighted by Crippen LogP contribution is -2.17. The number of ether oxygens (including phenoxy) is 3. The van der Waals surface area contributed by atoms with Crippen molar-refractivity contribution < 1.29 is 23.8 Å². The second-order valence-corrected chi connectivity index (χ2v) is 8.47. The number of nitrogens with zero attached hydrogens (tertiary/aromatic N) is 2. The van der Waals surface area contributed by atoms with Gasteiger partial charge >= 0.3 is 6.09 Å². The summed E-state index contributed by atoms with van der Waals surface area (Å²) in [5, 5.41) is 6.23. The molecule has 2 amide bonds. The summed E-state index contributed by atoms with van der Waals surface area (Å²) in [6, 6.07) is 6.85. The van der Waals surface area contributed by atoms with Gasteiger partial charge < -0.3 is 19.5 Å². The zero-order valence-corrected chi connectivity index (χ0v) is 19.5. The summed E-state index contributed by atoms with van der Waals surface area (Å²) >= 11 is 1.26. The summed E-state index contributed by atoms with van der Waals surface area (Å²) < 4.78 is 15.6. The van der Waals surface area contributed by atoms with E-state index in [1.54, 1.807) is 31.4 Å². The molecule has 0 saturated carbocycles. The first-order valence-corrected chi connectivity index (χ1v) is 10.8. The number of aryl methyl sites for hydroxylation is 1. The molecule has 9 nitrogen and oxygen atoms in total. The van der Waals surface area contributed by atoms with E-state index in [2.05, 4.69) is 20.6 Å². The molecular weight excluding hydrogens is 432 g/mol. The molecule has 0 aliphatic rings. The van der Waals surface area contributed by atoms with Gasteiger partial charge in [-0.3, -0.25) is 10.1 Å². The Hall–Kier alpha value is -3.24. The second kappa shape index (κ2) is 10.4. The molecule has 0 atom stereocenters. The number of aromatic nitrogens is 2. The van der Waals surface area contributed by atoms with Crippen molar-refractivity contribution in [3.05, 3.63) is 40.5 Å². The Morgan fingerprint density at radius 2 is 1.84 bits per heavy atom. The van der Waals surface area contributed by atoms with Gasteiger partial charge in [-0.2, -0.15) is 4.98 Å². The average molecular weight is 459 g/mol. The number of thiophene rings is 1. The van der Waals surface area contributed by atoms with Crippen LogP contribution in [0.2, 0.25) is 0 Å². The number of methoxy groups -OCH3 is 2.